The predicted molar refractivity (Wildman–Crippen MR) is 50.0 cm³/mol. The van der Waals surface area contributed by atoms with Crippen LogP contribution in [-0.4, -0.2) is 46.9 Å². The molecule has 0 heterocycles. The molecule has 0 aliphatic rings. The van der Waals surface area contributed by atoms with Gasteiger partial charge in [0, 0.05) is 13.3 Å². The first kappa shape index (κ1) is 14.5. The molecule has 0 aromatic heterocycles. The van der Waals surface area contributed by atoms with Gasteiger partial charge >= 0.3 is 11.9 Å². The molecule has 0 aromatic rings. The lowest BCUT2D eigenvalue weighted by atomic mass is 10.3. The van der Waals surface area contributed by atoms with E-state index in [4.69, 9.17) is 5.11 Å². The van der Waals surface area contributed by atoms with E-state index in [0.717, 1.165) is 6.92 Å². The second-order valence-electron chi connectivity index (χ2n) is 2.92. The summed E-state index contributed by atoms with van der Waals surface area (Å²) in [5, 5.41) is 17.8. The Morgan fingerprint density at radius 2 is 1.81 bits per heavy atom. The highest BCUT2D eigenvalue weighted by atomic mass is 16.7. The summed E-state index contributed by atoms with van der Waals surface area (Å²) in [7, 11) is 0. The average Bonchev–Trinajstić information content (AvgIpc) is 2.26. The minimum absolute atomic E-state index is 0.00622. The number of rotatable bonds is 6. The van der Waals surface area contributed by atoms with Crippen LogP contribution in [0.4, 0.5) is 0 Å². The standard InChI is InChI=1S/C9H14O7/c1-3-7(13)15-9(6(12)4-10)16-8(14)5(2)11/h6,9-10,12H,3-4H2,1-2H3. The topological polar surface area (TPSA) is 110 Å². The number of aliphatic hydroxyl groups excluding tert-OH is 2. The van der Waals surface area contributed by atoms with Gasteiger partial charge in [0.1, 0.15) is 0 Å². The summed E-state index contributed by atoms with van der Waals surface area (Å²) in [6, 6.07) is 0. The zero-order chi connectivity index (χ0) is 12.7. The van der Waals surface area contributed by atoms with Crippen LogP contribution in [-0.2, 0) is 23.9 Å². The minimum Gasteiger partial charge on any atom is -0.422 e. The van der Waals surface area contributed by atoms with Gasteiger partial charge < -0.3 is 19.7 Å². The Hall–Kier alpha value is -1.47. The van der Waals surface area contributed by atoms with Gasteiger partial charge in [-0.25, -0.2) is 4.79 Å². The Labute approximate surface area is 92.0 Å². The fourth-order valence-electron chi connectivity index (χ4n) is 0.669. The third kappa shape index (κ3) is 4.85. The van der Waals surface area contributed by atoms with Crippen molar-refractivity contribution in [2.45, 2.75) is 32.7 Å². The number of aliphatic hydroxyl groups is 2. The summed E-state index contributed by atoms with van der Waals surface area (Å²) in [4.78, 5) is 32.4. The van der Waals surface area contributed by atoms with Crippen LogP contribution in [0.15, 0.2) is 0 Å². The second-order valence-corrected chi connectivity index (χ2v) is 2.92. The average molecular weight is 234 g/mol. The van der Waals surface area contributed by atoms with Gasteiger partial charge in [-0.1, -0.05) is 6.92 Å². The summed E-state index contributed by atoms with van der Waals surface area (Å²) in [6.07, 6.45) is -3.25. The molecule has 0 fully saturated rings. The maximum Gasteiger partial charge on any atom is 0.377 e. The molecule has 0 aliphatic carbocycles. The Morgan fingerprint density at radius 3 is 2.19 bits per heavy atom. The van der Waals surface area contributed by atoms with Crippen LogP contribution in [0.1, 0.15) is 20.3 Å². The van der Waals surface area contributed by atoms with E-state index < -0.39 is 36.7 Å². The van der Waals surface area contributed by atoms with E-state index in [9.17, 15) is 19.5 Å². The molecule has 0 amide bonds. The van der Waals surface area contributed by atoms with Gasteiger partial charge in [0.25, 0.3) is 6.29 Å². The summed E-state index contributed by atoms with van der Waals surface area (Å²) in [5.74, 6) is -2.88. The number of esters is 2. The van der Waals surface area contributed by atoms with Crippen LogP contribution in [0, 0.1) is 0 Å². The first-order chi connectivity index (χ1) is 7.42. The maximum atomic E-state index is 10.9. The van der Waals surface area contributed by atoms with Crippen LogP contribution >= 0.6 is 0 Å². The molecule has 0 aliphatic heterocycles. The molecule has 0 saturated carbocycles. The van der Waals surface area contributed by atoms with E-state index in [-0.39, 0.29) is 6.42 Å². The highest BCUT2D eigenvalue weighted by Gasteiger charge is 2.27. The van der Waals surface area contributed by atoms with E-state index in [1.165, 1.54) is 6.92 Å². The summed E-state index contributed by atoms with van der Waals surface area (Å²) in [6.45, 7) is 1.69. The lowest BCUT2D eigenvalue weighted by Crippen LogP contribution is -2.39. The molecule has 2 unspecified atom stereocenters. The molecule has 0 saturated heterocycles. The number of ether oxygens (including phenoxy) is 2. The molecular weight excluding hydrogens is 220 g/mol. The van der Waals surface area contributed by atoms with E-state index in [0.29, 0.717) is 0 Å². The smallest absolute Gasteiger partial charge is 0.377 e. The molecule has 7 nitrogen and oxygen atoms in total. The van der Waals surface area contributed by atoms with Crippen molar-refractivity contribution >= 4 is 17.7 Å². The predicted octanol–water partition coefficient (Wildman–Crippen LogP) is -1.25. The normalized spacial score (nSPS) is 13.8. The van der Waals surface area contributed by atoms with Gasteiger partial charge in [0.05, 0.1) is 6.61 Å². The monoisotopic (exact) mass is 234 g/mol. The fraction of sp³-hybridized carbons (Fsp3) is 0.667. The third-order valence-corrected chi connectivity index (χ3v) is 1.55. The van der Waals surface area contributed by atoms with Gasteiger partial charge in [-0.15, -0.1) is 0 Å². The molecular formula is C9H14O7. The van der Waals surface area contributed by atoms with E-state index in [1.807, 2.05) is 0 Å². The van der Waals surface area contributed by atoms with Crippen LogP contribution in [0.2, 0.25) is 0 Å². The van der Waals surface area contributed by atoms with E-state index >= 15 is 0 Å². The Kier molecular flexibility index (Phi) is 6.28. The molecule has 0 bridgehead atoms. The first-order valence-electron chi connectivity index (χ1n) is 4.62. The van der Waals surface area contributed by atoms with Gasteiger partial charge in [-0.3, -0.25) is 9.59 Å². The maximum absolute atomic E-state index is 10.9. The number of Topliss-reactive ketones (excluding diaryl/α,β-unsaturated/α-hetero) is 1. The van der Waals surface area contributed by atoms with Crippen molar-refractivity contribution in [2.75, 3.05) is 6.61 Å². The largest absolute Gasteiger partial charge is 0.422 e. The van der Waals surface area contributed by atoms with Crippen molar-refractivity contribution < 1.29 is 34.1 Å². The van der Waals surface area contributed by atoms with Gasteiger partial charge in [-0.2, -0.15) is 0 Å². The summed E-state index contributed by atoms with van der Waals surface area (Å²) in [5.41, 5.74) is 0. The number of carbonyl (C=O) groups is 3. The van der Waals surface area contributed by atoms with Crippen LogP contribution < -0.4 is 0 Å². The van der Waals surface area contributed by atoms with Crippen molar-refractivity contribution in [2.24, 2.45) is 0 Å². The van der Waals surface area contributed by atoms with E-state index in [1.54, 1.807) is 0 Å². The highest BCUT2D eigenvalue weighted by Crippen LogP contribution is 2.04. The lowest BCUT2D eigenvalue weighted by Gasteiger charge is -2.20. The number of carbonyl (C=O) groups excluding carboxylic acids is 3. The van der Waals surface area contributed by atoms with Crippen LogP contribution in [0.3, 0.4) is 0 Å². The molecule has 0 radical (unpaired) electrons. The van der Waals surface area contributed by atoms with Crippen molar-refractivity contribution in [3.8, 4) is 0 Å². The van der Waals surface area contributed by atoms with Crippen molar-refractivity contribution in [3.05, 3.63) is 0 Å². The zero-order valence-corrected chi connectivity index (χ0v) is 9.00. The molecule has 2 N–H and O–H groups in total. The van der Waals surface area contributed by atoms with Gasteiger partial charge in [0.2, 0.25) is 5.78 Å². The molecule has 92 valence electrons. The molecule has 0 rings (SSSR count). The molecule has 16 heavy (non-hydrogen) atoms. The van der Waals surface area contributed by atoms with Gasteiger partial charge in [0.15, 0.2) is 6.10 Å². The first-order valence-corrected chi connectivity index (χ1v) is 4.62. The highest BCUT2D eigenvalue weighted by molar-refractivity contribution is 6.32. The SMILES string of the molecule is CCC(=O)OC(OC(=O)C(C)=O)C(O)CO. The Bertz CT molecular complexity index is 273. The van der Waals surface area contributed by atoms with Crippen LogP contribution in [0.5, 0.6) is 0 Å². The molecule has 0 spiro atoms. The minimum atomic E-state index is -1.67. The molecule has 0 aromatic carbocycles. The quantitative estimate of drug-likeness (QED) is 0.335. The van der Waals surface area contributed by atoms with Crippen molar-refractivity contribution in [1.82, 2.24) is 0 Å². The van der Waals surface area contributed by atoms with Crippen LogP contribution in [0.25, 0.3) is 0 Å². The zero-order valence-electron chi connectivity index (χ0n) is 9.00. The van der Waals surface area contributed by atoms with Gasteiger partial charge in [-0.05, 0) is 0 Å². The Morgan fingerprint density at radius 1 is 1.25 bits per heavy atom. The number of ketones is 1. The summed E-state index contributed by atoms with van der Waals surface area (Å²) < 4.78 is 8.92. The second kappa shape index (κ2) is 6.91. The fourth-order valence-corrected chi connectivity index (χ4v) is 0.669. The number of hydrogen-bond donors (Lipinski definition) is 2. The summed E-state index contributed by atoms with van der Waals surface area (Å²) >= 11 is 0. The van der Waals surface area contributed by atoms with Crippen molar-refractivity contribution in [3.63, 3.8) is 0 Å². The molecule has 2 atom stereocenters. The van der Waals surface area contributed by atoms with E-state index in [2.05, 4.69) is 9.47 Å². The Balaban J connectivity index is 4.49. The molecule has 7 heteroatoms. The number of hydrogen-bond acceptors (Lipinski definition) is 7. The lowest BCUT2D eigenvalue weighted by molar-refractivity contribution is -0.209. The third-order valence-electron chi connectivity index (χ3n) is 1.55. The van der Waals surface area contributed by atoms with Crippen molar-refractivity contribution in [1.29, 1.82) is 0 Å².